The molecule has 1 spiro atoms. The molecule has 7 atom stereocenters. The molecule has 2 bridgehead atoms. The van der Waals surface area contributed by atoms with Crippen LogP contribution < -0.4 is 9.64 Å². The number of carbonyl (C=O) groups excluding carboxylic acids is 3. The van der Waals surface area contributed by atoms with E-state index < -0.39 is 35.1 Å². The summed E-state index contributed by atoms with van der Waals surface area (Å²) in [5.41, 5.74) is -1.57. The van der Waals surface area contributed by atoms with Gasteiger partial charge < -0.3 is 34.0 Å². The summed E-state index contributed by atoms with van der Waals surface area (Å²) in [6.45, 7) is 22.3. The third-order valence-electron chi connectivity index (χ3n) is 11.1. The summed E-state index contributed by atoms with van der Waals surface area (Å²) < 4.78 is 18.2. The van der Waals surface area contributed by atoms with Crippen LogP contribution in [0.4, 0.5) is 5.69 Å². The van der Waals surface area contributed by atoms with E-state index in [1.165, 1.54) is 0 Å². The number of aliphatic hydroxyl groups is 1. The van der Waals surface area contributed by atoms with Crippen LogP contribution >= 0.6 is 0 Å². The van der Waals surface area contributed by atoms with Crippen LogP contribution in [-0.4, -0.2) is 127 Å². The zero-order chi connectivity index (χ0) is 34.8. The first-order valence-corrected chi connectivity index (χ1v) is 17.5. The van der Waals surface area contributed by atoms with Crippen molar-refractivity contribution in [2.24, 2.45) is 23.7 Å². The molecule has 4 fully saturated rings. The molecule has 11 nitrogen and oxygen atoms in total. The Morgan fingerprint density at radius 3 is 2.38 bits per heavy atom. The number of hydrogen-bond donors (Lipinski definition) is 1. The van der Waals surface area contributed by atoms with Crippen LogP contribution in [0.1, 0.15) is 41.0 Å². The Balaban J connectivity index is 1.56. The average Bonchev–Trinajstić information content (AvgIpc) is 3.59. The second-order valence-corrected chi connectivity index (χ2v) is 14.1. The number of rotatable bonds is 15. The largest absolute Gasteiger partial charge is 0.494 e. The quantitative estimate of drug-likeness (QED) is 0.285. The first kappa shape index (κ1) is 36.0. The molecule has 0 aliphatic carbocycles. The van der Waals surface area contributed by atoms with E-state index in [9.17, 15) is 19.5 Å². The van der Waals surface area contributed by atoms with Gasteiger partial charge in [-0.25, -0.2) is 0 Å². The van der Waals surface area contributed by atoms with Crippen molar-refractivity contribution in [3.63, 3.8) is 0 Å². The van der Waals surface area contributed by atoms with Crippen molar-refractivity contribution in [1.82, 2.24) is 14.7 Å². The van der Waals surface area contributed by atoms with E-state index in [0.29, 0.717) is 57.3 Å². The first-order valence-electron chi connectivity index (χ1n) is 17.5. The third kappa shape index (κ3) is 6.19. The highest BCUT2D eigenvalue weighted by molar-refractivity contribution is 6.03. The number of ether oxygens (including phenoxy) is 3. The summed E-state index contributed by atoms with van der Waals surface area (Å²) in [5, 5.41) is 10.7. The van der Waals surface area contributed by atoms with E-state index in [-0.39, 0.29) is 42.7 Å². The molecule has 4 saturated heterocycles. The smallest absolute Gasteiger partial charge is 0.248 e. The van der Waals surface area contributed by atoms with Crippen molar-refractivity contribution in [3.05, 3.63) is 49.6 Å². The number of likely N-dealkylation sites (tertiary alicyclic amines) is 1. The fourth-order valence-corrected chi connectivity index (χ4v) is 8.53. The third-order valence-corrected chi connectivity index (χ3v) is 11.1. The van der Waals surface area contributed by atoms with Gasteiger partial charge in [-0.15, -0.1) is 13.2 Å². The van der Waals surface area contributed by atoms with Gasteiger partial charge in [0.05, 0.1) is 49.9 Å². The van der Waals surface area contributed by atoms with Crippen molar-refractivity contribution in [3.8, 4) is 5.75 Å². The van der Waals surface area contributed by atoms with Gasteiger partial charge in [0.15, 0.2) is 0 Å². The van der Waals surface area contributed by atoms with Gasteiger partial charge in [0.2, 0.25) is 17.7 Å². The average molecular weight is 667 g/mol. The van der Waals surface area contributed by atoms with Crippen LogP contribution in [0.15, 0.2) is 49.6 Å². The summed E-state index contributed by atoms with van der Waals surface area (Å²) in [7, 11) is 0. The predicted molar refractivity (Wildman–Crippen MR) is 184 cm³/mol. The van der Waals surface area contributed by atoms with E-state index in [1.54, 1.807) is 26.9 Å². The number of fused-ring (bicyclic) bond motifs is 1. The maximum atomic E-state index is 14.9. The summed E-state index contributed by atoms with van der Waals surface area (Å²) in [6.07, 6.45) is 3.82. The van der Waals surface area contributed by atoms with E-state index in [0.717, 1.165) is 13.1 Å². The van der Waals surface area contributed by atoms with Crippen LogP contribution in [0, 0.1) is 23.7 Å². The van der Waals surface area contributed by atoms with Gasteiger partial charge in [-0.05, 0) is 56.4 Å². The number of morpholine rings is 1. The number of nitrogens with zero attached hydrogens (tertiary/aromatic N) is 4. The molecular weight excluding hydrogens is 612 g/mol. The van der Waals surface area contributed by atoms with Crippen LogP contribution in [-0.2, 0) is 23.9 Å². The standard InChI is InChI=1S/C37H54N4O7/c1-8-15-39(18-17-38-19-21-46-22-20-38)35(45)32-37-23-26(6)36(7,48-37)30(31(37)34(44)41(32)29(24-42)25(4)5)33(43)40(16-9-2)27-11-13-28(14-12-27)47-10-3/h8-9,11-14,25-26,29-32,42H,1-2,10,15-24H2,3-7H3/t26?,29-,30-,31-,32?,36+,37?/m0/s1. The van der Waals surface area contributed by atoms with Crippen LogP contribution in [0.5, 0.6) is 5.75 Å². The molecule has 3 amide bonds. The summed E-state index contributed by atoms with van der Waals surface area (Å²) in [5.74, 6) is -2.12. The molecule has 0 radical (unpaired) electrons. The van der Waals surface area contributed by atoms with Gasteiger partial charge in [-0.1, -0.05) is 32.9 Å². The highest BCUT2D eigenvalue weighted by Gasteiger charge is 2.80. The van der Waals surface area contributed by atoms with Crippen LogP contribution in [0.25, 0.3) is 0 Å². The molecule has 0 saturated carbocycles. The zero-order valence-electron chi connectivity index (χ0n) is 29.3. The second kappa shape index (κ2) is 14.7. The summed E-state index contributed by atoms with van der Waals surface area (Å²) >= 11 is 0. The number of aliphatic hydroxyl groups excluding tert-OH is 1. The van der Waals surface area contributed by atoms with Gasteiger partial charge in [0.25, 0.3) is 0 Å². The maximum Gasteiger partial charge on any atom is 0.248 e. The minimum Gasteiger partial charge on any atom is -0.494 e. The molecule has 0 aromatic heterocycles. The molecular formula is C37H54N4O7. The van der Waals surface area contributed by atoms with Crippen molar-refractivity contribution in [1.29, 1.82) is 0 Å². The SMILES string of the molecule is C=CCN(CCN1CCOCC1)C(=O)C1N([C@@H](CO)C(C)C)C(=O)[C@@H]2[C@@H](C(=O)N(CC=C)c3ccc(OCC)cc3)[C@]3(C)OC12CC3C. The van der Waals surface area contributed by atoms with Crippen molar-refractivity contribution in [2.45, 2.75) is 64.3 Å². The molecule has 1 aromatic carbocycles. The van der Waals surface area contributed by atoms with Gasteiger partial charge >= 0.3 is 0 Å². The molecule has 1 aromatic rings. The fraction of sp³-hybridized carbons (Fsp3) is 0.649. The minimum absolute atomic E-state index is 0.121. The minimum atomic E-state index is -1.23. The summed E-state index contributed by atoms with van der Waals surface area (Å²) in [6, 6.07) is 5.68. The zero-order valence-corrected chi connectivity index (χ0v) is 29.3. The Morgan fingerprint density at radius 1 is 1.12 bits per heavy atom. The number of hydrogen-bond acceptors (Lipinski definition) is 8. The summed E-state index contributed by atoms with van der Waals surface area (Å²) in [4.78, 5) is 51.9. The lowest BCUT2D eigenvalue weighted by Crippen LogP contribution is -2.60. The molecule has 264 valence electrons. The second-order valence-electron chi connectivity index (χ2n) is 14.1. The normalized spacial score (nSPS) is 30.3. The highest BCUT2D eigenvalue weighted by atomic mass is 16.5. The van der Waals surface area contributed by atoms with E-state index >= 15 is 0 Å². The Hall–Kier alpha value is -3.25. The number of amides is 3. The molecule has 3 unspecified atom stereocenters. The van der Waals surface area contributed by atoms with Crippen LogP contribution in [0.3, 0.4) is 0 Å². The lowest BCUT2D eigenvalue weighted by Gasteiger charge is -2.41. The highest BCUT2D eigenvalue weighted by Crippen LogP contribution is 2.66. The lowest BCUT2D eigenvalue weighted by atomic mass is 9.62. The topological polar surface area (TPSA) is 112 Å². The number of anilines is 1. The molecule has 1 N–H and O–H groups in total. The van der Waals surface area contributed by atoms with E-state index in [2.05, 4.69) is 18.1 Å². The lowest BCUT2D eigenvalue weighted by molar-refractivity contribution is -0.156. The number of carbonyl (C=O) groups is 3. The molecule has 4 heterocycles. The van der Waals surface area contributed by atoms with Gasteiger partial charge in [-0.3, -0.25) is 19.3 Å². The Bertz CT molecular complexity index is 1350. The molecule has 5 rings (SSSR count). The Morgan fingerprint density at radius 2 is 1.79 bits per heavy atom. The molecule has 48 heavy (non-hydrogen) atoms. The predicted octanol–water partition coefficient (Wildman–Crippen LogP) is 2.98. The fourth-order valence-electron chi connectivity index (χ4n) is 8.53. The van der Waals surface area contributed by atoms with Gasteiger partial charge in [-0.2, -0.15) is 0 Å². The van der Waals surface area contributed by atoms with Gasteiger partial charge in [0, 0.05) is 45.0 Å². The first-order chi connectivity index (χ1) is 23.0. The van der Waals surface area contributed by atoms with Crippen molar-refractivity contribution < 1.29 is 33.7 Å². The Labute approximate surface area is 285 Å². The molecule has 4 aliphatic heterocycles. The van der Waals surface area contributed by atoms with Crippen molar-refractivity contribution >= 4 is 23.4 Å². The van der Waals surface area contributed by atoms with E-state index in [4.69, 9.17) is 14.2 Å². The van der Waals surface area contributed by atoms with E-state index in [1.807, 2.05) is 58.9 Å². The van der Waals surface area contributed by atoms with Crippen LogP contribution in [0.2, 0.25) is 0 Å². The molecule has 4 aliphatic rings. The molecule has 11 heteroatoms. The van der Waals surface area contributed by atoms with Crippen molar-refractivity contribution in [2.75, 3.05) is 70.6 Å². The number of benzene rings is 1. The van der Waals surface area contributed by atoms with Gasteiger partial charge in [0.1, 0.15) is 17.4 Å². The monoisotopic (exact) mass is 666 g/mol. The Kier molecular flexibility index (Phi) is 11.0. The maximum absolute atomic E-state index is 14.9.